The van der Waals surface area contributed by atoms with Crippen molar-refractivity contribution in [2.24, 2.45) is 0 Å². The second kappa shape index (κ2) is 8.17. The number of halogens is 1. The van der Waals surface area contributed by atoms with Crippen molar-refractivity contribution in [1.29, 1.82) is 0 Å². The molecule has 0 atom stereocenters. The summed E-state index contributed by atoms with van der Waals surface area (Å²) < 4.78 is 5.11. The molecule has 16 heavy (non-hydrogen) atoms. The minimum Gasteiger partial charge on any atom is -0.465 e. The molecule has 0 heterocycles. The molecule has 0 radical (unpaired) electrons. The number of alkyl halides is 1. The van der Waals surface area contributed by atoms with E-state index in [-0.39, 0.29) is 5.97 Å². The number of benzene rings is 1. The molecule has 0 amide bonds. The van der Waals surface area contributed by atoms with Gasteiger partial charge in [-0.1, -0.05) is 30.3 Å². The Morgan fingerprint density at radius 3 is 2.62 bits per heavy atom. The maximum absolute atomic E-state index is 11.2. The van der Waals surface area contributed by atoms with Gasteiger partial charge in [0.25, 0.3) is 0 Å². The largest absolute Gasteiger partial charge is 0.465 e. The lowest BCUT2D eigenvalue weighted by Gasteiger charge is -2.04. The number of esters is 1. The van der Waals surface area contributed by atoms with Gasteiger partial charge in [0.05, 0.1) is 6.61 Å². The fourth-order valence-electron chi connectivity index (χ4n) is 1.36. The molecule has 0 bridgehead atoms. The molecule has 0 aliphatic carbocycles. The van der Waals surface area contributed by atoms with Gasteiger partial charge < -0.3 is 4.74 Å². The van der Waals surface area contributed by atoms with Crippen molar-refractivity contribution < 1.29 is 9.53 Å². The third-order valence-corrected chi connectivity index (χ3v) is 2.53. The normalized spacial score (nSPS) is 10.1. The summed E-state index contributed by atoms with van der Waals surface area (Å²) in [6.07, 6.45) is 2.94. The van der Waals surface area contributed by atoms with E-state index in [0.29, 0.717) is 18.9 Å². The summed E-state index contributed by atoms with van der Waals surface area (Å²) in [6.45, 7) is 0.462. The monoisotopic (exact) mass is 240 g/mol. The highest BCUT2D eigenvalue weighted by Crippen LogP contribution is 2.02. The molecule has 0 saturated carbocycles. The first kappa shape index (κ1) is 13.0. The molecule has 0 aromatic heterocycles. The summed E-state index contributed by atoms with van der Waals surface area (Å²) in [5.41, 5.74) is 1.19. The van der Waals surface area contributed by atoms with E-state index >= 15 is 0 Å². The number of ether oxygens (including phenoxy) is 1. The third kappa shape index (κ3) is 5.76. The van der Waals surface area contributed by atoms with E-state index in [1.165, 1.54) is 5.56 Å². The first-order valence-corrected chi connectivity index (χ1v) is 6.12. The summed E-state index contributed by atoms with van der Waals surface area (Å²) in [7, 11) is 0. The van der Waals surface area contributed by atoms with Crippen molar-refractivity contribution in [3.63, 3.8) is 0 Å². The van der Waals surface area contributed by atoms with Crippen LogP contribution in [0.5, 0.6) is 0 Å². The van der Waals surface area contributed by atoms with E-state index in [1.807, 2.05) is 30.3 Å². The smallest absolute Gasteiger partial charge is 0.305 e. The van der Waals surface area contributed by atoms with E-state index in [4.69, 9.17) is 16.3 Å². The summed E-state index contributed by atoms with van der Waals surface area (Å²) in [4.78, 5) is 11.2. The maximum atomic E-state index is 11.2. The molecule has 2 nitrogen and oxygen atoms in total. The van der Waals surface area contributed by atoms with E-state index in [2.05, 4.69) is 0 Å². The number of hydrogen-bond donors (Lipinski definition) is 0. The standard InChI is InChI=1S/C13H17ClO2/c14-10-5-4-8-13(15)16-11-9-12-6-2-1-3-7-12/h1-3,6-7H,4-5,8-11H2. The van der Waals surface area contributed by atoms with Gasteiger partial charge >= 0.3 is 5.97 Å². The summed E-state index contributed by atoms with van der Waals surface area (Å²) in [6, 6.07) is 10.00. The highest BCUT2D eigenvalue weighted by molar-refractivity contribution is 6.17. The average molecular weight is 241 g/mol. The Bertz CT molecular complexity index is 298. The lowest BCUT2D eigenvalue weighted by atomic mass is 10.2. The van der Waals surface area contributed by atoms with Crippen LogP contribution in [0.4, 0.5) is 0 Å². The Hall–Kier alpha value is -1.02. The molecule has 0 spiro atoms. The van der Waals surface area contributed by atoms with Crippen LogP contribution >= 0.6 is 11.6 Å². The first-order valence-electron chi connectivity index (χ1n) is 5.58. The molecule has 3 heteroatoms. The maximum Gasteiger partial charge on any atom is 0.305 e. The highest BCUT2D eigenvalue weighted by Gasteiger charge is 2.02. The number of carbonyl (C=O) groups is 1. The van der Waals surface area contributed by atoms with Crippen molar-refractivity contribution in [2.45, 2.75) is 25.7 Å². The fraction of sp³-hybridized carbons (Fsp3) is 0.462. The van der Waals surface area contributed by atoms with Crippen molar-refractivity contribution >= 4 is 17.6 Å². The van der Waals surface area contributed by atoms with Gasteiger partial charge in [-0.3, -0.25) is 4.79 Å². The lowest BCUT2D eigenvalue weighted by Crippen LogP contribution is -2.07. The average Bonchev–Trinajstić information content (AvgIpc) is 2.31. The number of carbonyl (C=O) groups excluding carboxylic acids is 1. The van der Waals surface area contributed by atoms with Crippen LogP contribution in [-0.4, -0.2) is 18.5 Å². The Morgan fingerprint density at radius 2 is 1.94 bits per heavy atom. The van der Waals surface area contributed by atoms with Crippen molar-refractivity contribution in [3.05, 3.63) is 35.9 Å². The van der Waals surface area contributed by atoms with Gasteiger partial charge in [-0.25, -0.2) is 0 Å². The van der Waals surface area contributed by atoms with Crippen molar-refractivity contribution in [3.8, 4) is 0 Å². The van der Waals surface area contributed by atoms with E-state index in [1.54, 1.807) is 0 Å². The molecular formula is C13H17ClO2. The zero-order valence-electron chi connectivity index (χ0n) is 9.32. The molecule has 0 aliphatic rings. The zero-order chi connectivity index (χ0) is 11.6. The predicted octanol–water partition coefficient (Wildman–Crippen LogP) is 3.18. The predicted molar refractivity (Wildman–Crippen MR) is 65.7 cm³/mol. The first-order chi connectivity index (χ1) is 7.83. The minimum atomic E-state index is -0.124. The zero-order valence-corrected chi connectivity index (χ0v) is 10.1. The van der Waals surface area contributed by atoms with Gasteiger partial charge in [-0.15, -0.1) is 11.6 Å². The van der Waals surface area contributed by atoms with E-state index in [0.717, 1.165) is 19.3 Å². The summed E-state index contributed by atoms with van der Waals surface area (Å²) in [5, 5.41) is 0. The number of hydrogen-bond acceptors (Lipinski definition) is 2. The Labute approximate surface area is 102 Å². The van der Waals surface area contributed by atoms with Crippen LogP contribution < -0.4 is 0 Å². The summed E-state index contributed by atoms with van der Waals surface area (Å²) in [5.74, 6) is 0.484. The van der Waals surface area contributed by atoms with Gasteiger partial charge in [-0.2, -0.15) is 0 Å². The molecule has 88 valence electrons. The number of unbranched alkanes of at least 4 members (excludes halogenated alkanes) is 1. The topological polar surface area (TPSA) is 26.3 Å². The van der Waals surface area contributed by atoms with Gasteiger partial charge in [-0.05, 0) is 18.4 Å². The van der Waals surface area contributed by atoms with Gasteiger partial charge in [0.15, 0.2) is 0 Å². The molecule has 1 aromatic rings. The molecule has 1 rings (SSSR count). The second-order valence-corrected chi connectivity index (χ2v) is 3.98. The highest BCUT2D eigenvalue weighted by atomic mass is 35.5. The Kier molecular flexibility index (Phi) is 6.66. The number of rotatable bonds is 7. The SMILES string of the molecule is O=C(CCCCCl)OCCc1ccccc1. The fourth-order valence-corrected chi connectivity index (χ4v) is 1.55. The molecule has 0 saturated heterocycles. The molecule has 0 fully saturated rings. The van der Waals surface area contributed by atoms with Crippen LogP contribution in [0.2, 0.25) is 0 Å². The minimum absolute atomic E-state index is 0.124. The quantitative estimate of drug-likeness (QED) is 0.416. The van der Waals surface area contributed by atoms with Crippen LogP contribution in [0.15, 0.2) is 30.3 Å². The molecule has 0 N–H and O–H groups in total. The molecule has 0 unspecified atom stereocenters. The third-order valence-electron chi connectivity index (χ3n) is 2.26. The van der Waals surface area contributed by atoms with Crippen LogP contribution in [0.1, 0.15) is 24.8 Å². The Morgan fingerprint density at radius 1 is 1.19 bits per heavy atom. The van der Waals surface area contributed by atoms with Crippen LogP contribution in [0, 0.1) is 0 Å². The van der Waals surface area contributed by atoms with Crippen LogP contribution in [-0.2, 0) is 16.0 Å². The van der Waals surface area contributed by atoms with Crippen LogP contribution in [0.3, 0.4) is 0 Å². The summed E-state index contributed by atoms with van der Waals surface area (Å²) >= 11 is 5.52. The molecule has 0 aliphatic heterocycles. The molecular weight excluding hydrogens is 224 g/mol. The van der Waals surface area contributed by atoms with Gasteiger partial charge in [0.2, 0.25) is 0 Å². The van der Waals surface area contributed by atoms with Crippen LogP contribution in [0.25, 0.3) is 0 Å². The Balaban J connectivity index is 2.09. The van der Waals surface area contributed by atoms with Gasteiger partial charge in [0, 0.05) is 18.7 Å². The second-order valence-electron chi connectivity index (χ2n) is 3.60. The van der Waals surface area contributed by atoms with E-state index < -0.39 is 0 Å². The lowest BCUT2D eigenvalue weighted by molar-refractivity contribution is -0.143. The molecule has 1 aromatic carbocycles. The van der Waals surface area contributed by atoms with Crippen molar-refractivity contribution in [1.82, 2.24) is 0 Å². The van der Waals surface area contributed by atoms with E-state index in [9.17, 15) is 4.79 Å². The van der Waals surface area contributed by atoms with Crippen molar-refractivity contribution in [2.75, 3.05) is 12.5 Å². The van der Waals surface area contributed by atoms with Gasteiger partial charge in [0.1, 0.15) is 0 Å².